The summed E-state index contributed by atoms with van der Waals surface area (Å²) in [6.45, 7) is 3.63. The number of aromatic nitrogens is 2. The van der Waals surface area contributed by atoms with E-state index in [1.165, 1.54) is 0 Å². The molecule has 0 radical (unpaired) electrons. The third kappa shape index (κ3) is 5.05. The van der Waals surface area contributed by atoms with Gasteiger partial charge in [-0.3, -0.25) is 0 Å². The summed E-state index contributed by atoms with van der Waals surface area (Å²) < 4.78 is 5.98. The fourth-order valence-electron chi connectivity index (χ4n) is 3.49. The zero-order chi connectivity index (χ0) is 20.8. The molecule has 1 saturated heterocycles. The van der Waals surface area contributed by atoms with Crippen molar-refractivity contribution >= 4 is 17.7 Å². The van der Waals surface area contributed by atoms with E-state index in [0.717, 1.165) is 43.2 Å². The van der Waals surface area contributed by atoms with Gasteiger partial charge in [-0.15, -0.1) is 0 Å². The summed E-state index contributed by atoms with van der Waals surface area (Å²) in [5.74, 6) is 2.08. The minimum absolute atomic E-state index is 0.106. The van der Waals surface area contributed by atoms with Gasteiger partial charge in [0.2, 0.25) is 5.95 Å². The Balaban J connectivity index is 1.33. The number of nitrogens with one attached hydrogen (secondary N) is 2. The van der Waals surface area contributed by atoms with E-state index in [4.69, 9.17) is 4.74 Å². The Bertz CT molecular complexity index is 988. The molecule has 1 aromatic heterocycles. The molecule has 0 aliphatic carbocycles. The molecule has 2 heterocycles. The van der Waals surface area contributed by atoms with E-state index in [0.29, 0.717) is 11.4 Å². The van der Waals surface area contributed by atoms with E-state index in [2.05, 4.69) is 25.5 Å². The van der Waals surface area contributed by atoms with Crippen LogP contribution in [0.5, 0.6) is 11.5 Å². The molecule has 2 aromatic carbocycles. The Kier molecular flexibility index (Phi) is 6.08. The number of amides is 2. The SMILES string of the molecule is Cc1cccc(Oc2ccccc2NC(=O)NC2CCN(c3ncccn3)CC2)c1. The maximum atomic E-state index is 12.6. The van der Waals surface area contributed by atoms with Crippen LogP contribution in [0.25, 0.3) is 0 Å². The van der Waals surface area contributed by atoms with Crippen molar-refractivity contribution in [1.29, 1.82) is 0 Å². The first-order valence-electron chi connectivity index (χ1n) is 10.1. The Morgan fingerprint density at radius 2 is 1.80 bits per heavy atom. The molecule has 7 heteroatoms. The molecule has 3 aromatic rings. The van der Waals surface area contributed by atoms with Gasteiger partial charge < -0.3 is 20.3 Å². The number of carbonyl (C=O) groups is 1. The second kappa shape index (κ2) is 9.26. The Morgan fingerprint density at radius 3 is 2.57 bits per heavy atom. The van der Waals surface area contributed by atoms with E-state index in [1.54, 1.807) is 12.4 Å². The van der Waals surface area contributed by atoms with Crippen molar-refractivity contribution in [2.45, 2.75) is 25.8 Å². The van der Waals surface area contributed by atoms with Gasteiger partial charge in [0.25, 0.3) is 0 Å². The number of carbonyl (C=O) groups excluding carboxylic acids is 1. The Hall–Kier alpha value is -3.61. The number of hydrogen-bond donors (Lipinski definition) is 2. The molecule has 0 spiro atoms. The minimum atomic E-state index is -0.232. The van der Waals surface area contributed by atoms with E-state index < -0.39 is 0 Å². The van der Waals surface area contributed by atoms with Crippen LogP contribution in [0.2, 0.25) is 0 Å². The highest BCUT2D eigenvalue weighted by molar-refractivity contribution is 5.91. The zero-order valence-corrected chi connectivity index (χ0v) is 16.9. The largest absolute Gasteiger partial charge is 0.455 e. The Labute approximate surface area is 176 Å². The first-order valence-corrected chi connectivity index (χ1v) is 10.1. The topological polar surface area (TPSA) is 79.4 Å². The van der Waals surface area contributed by atoms with Gasteiger partial charge in [-0.2, -0.15) is 0 Å². The van der Waals surface area contributed by atoms with Crippen molar-refractivity contribution < 1.29 is 9.53 Å². The lowest BCUT2D eigenvalue weighted by Crippen LogP contribution is -2.46. The summed E-state index contributed by atoms with van der Waals surface area (Å²) >= 11 is 0. The van der Waals surface area contributed by atoms with Crippen molar-refractivity contribution in [3.05, 3.63) is 72.6 Å². The molecule has 4 rings (SSSR count). The smallest absolute Gasteiger partial charge is 0.319 e. The summed E-state index contributed by atoms with van der Waals surface area (Å²) in [4.78, 5) is 23.3. The van der Waals surface area contributed by atoms with Crippen molar-refractivity contribution in [2.75, 3.05) is 23.3 Å². The van der Waals surface area contributed by atoms with Gasteiger partial charge in [-0.05, 0) is 55.7 Å². The monoisotopic (exact) mass is 403 g/mol. The highest BCUT2D eigenvalue weighted by Gasteiger charge is 2.22. The lowest BCUT2D eigenvalue weighted by Gasteiger charge is -2.32. The number of benzene rings is 2. The molecule has 0 bridgehead atoms. The number of urea groups is 1. The van der Waals surface area contributed by atoms with Crippen LogP contribution < -0.4 is 20.3 Å². The first-order chi connectivity index (χ1) is 14.7. The molecule has 0 atom stereocenters. The summed E-state index contributed by atoms with van der Waals surface area (Å²) in [6.07, 6.45) is 5.17. The number of ether oxygens (including phenoxy) is 1. The third-order valence-corrected chi connectivity index (χ3v) is 5.02. The van der Waals surface area contributed by atoms with Crippen molar-refractivity contribution in [2.24, 2.45) is 0 Å². The summed E-state index contributed by atoms with van der Waals surface area (Å²) in [6, 6.07) is 16.9. The van der Waals surface area contributed by atoms with Gasteiger partial charge in [-0.25, -0.2) is 14.8 Å². The lowest BCUT2D eigenvalue weighted by molar-refractivity contribution is 0.246. The van der Waals surface area contributed by atoms with E-state index in [9.17, 15) is 4.79 Å². The maximum Gasteiger partial charge on any atom is 0.319 e. The van der Waals surface area contributed by atoms with Gasteiger partial charge in [0.15, 0.2) is 5.75 Å². The highest BCUT2D eigenvalue weighted by atomic mass is 16.5. The minimum Gasteiger partial charge on any atom is -0.455 e. The van der Waals surface area contributed by atoms with Gasteiger partial charge in [0.05, 0.1) is 5.69 Å². The predicted molar refractivity (Wildman–Crippen MR) is 117 cm³/mol. The van der Waals surface area contributed by atoms with E-state index >= 15 is 0 Å². The standard InChI is InChI=1S/C23H25N5O2/c1-17-6-4-7-19(16-17)30-21-9-3-2-8-20(21)27-23(29)26-18-10-14-28(15-11-18)22-24-12-5-13-25-22/h2-9,12-13,16,18H,10-11,14-15H2,1H3,(H2,26,27,29). The van der Waals surface area contributed by atoms with Gasteiger partial charge in [0, 0.05) is 31.5 Å². The van der Waals surface area contributed by atoms with Gasteiger partial charge in [-0.1, -0.05) is 24.3 Å². The fourth-order valence-corrected chi connectivity index (χ4v) is 3.49. The molecule has 7 nitrogen and oxygen atoms in total. The number of nitrogens with zero attached hydrogens (tertiary/aromatic N) is 3. The van der Waals surface area contributed by atoms with Crippen LogP contribution in [0.1, 0.15) is 18.4 Å². The van der Waals surface area contributed by atoms with Crippen molar-refractivity contribution in [1.82, 2.24) is 15.3 Å². The van der Waals surface area contributed by atoms with Crippen LogP contribution in [-0.2, 0) is 0 Å². The predicted octanol–water partition coefficient (Wildman–Crippen LogP) is 4.37. The second-order valence-corrected chi connectivity index (χ2v) is 7.32. The molecule has 2 N–H and O–H groups in total. The van der Waals surface area contributed by atoms with E-state index in [-0.39, 0.29) is 12.1 Å². The lowest BCUT2D eigenvalue weighted by atomic mass is 10.1. The van der Waals surface area contributed by atoms with E-state index in [1.807, 2.05) is 61.5 Å². The molecule has 2 amide bonds. The average molecular weight is 403 g/mol. The molecular weight excluding hydrogens is 378 g/mol. The molecule has 30 heavy (non-hydrogen) atoms. The number of anilines is 2. The number of aryl methyl sites for hydroxylation is 1. The van der Waals surface area contributed by atoms with Crippen LogP contribution in [0, 0.1) is 6.92 Å². The maximum absolute atomic E-state index is 12.6. The van der Waals surface area contributed by atoms with Crippen molar-refractivity contribution in [3.8, 4) is 11.5 Å². The fraction of sp³-hybridized carbons (Fsp3) is 0.261. The summed E-state index contributed by atoms with van der Waals surface area (Å²) in [5.41, 5.74) is 1.74. The highest BCUT2D eigenvalue weighted by Crippen LogP contribution is 2.29. The molecule has 1 fully saturated rings. The number of rotatable bonds is 5. The zero-order valence-electron chi connectivity index (χ0n) is 16.9. The average Bonchev–Trinajstić information content (AvgIpc) is 2.76. The van der Waals surface area contributed by atoms with Crippen LogP contribution >= 0.6 is 0 Å². The van der Waals surface area contributed by atoms with Crippen LogP contribution in [0.4, 0.5) is 16.4 Å². The second-order valence-electron chi connectivity index (χ2n) is 7.32. The van der Waals surface area contributed by atoms with Crippen LogP contribution in [-0.4, -0.2) is 35.1 Å². The molecule has 1 aliphatic heterocycles. The van der Waals surface area contributed by atoms with Gasteiger partial charge >= 0.3 is 6.03 Å². The molecule has 0 unspecified atom stereocenters. The van der Waals surface area contributed by atoms with Crippen LogP contribution in [0.3, 0.4) is 0 Å². The quantitative estimate of drug-likeness (QED) is 0.661. The first kappa shape index (κ1) is 19.7. The van der Waals surface area contributed by atoms with Crippen molar-refractivity contribution in [3.63, 3.8) is 0 Å². The molecular formula is C23H25N5O2. The normalized spacial score (nSPS) is 14.2. The number of hydrogen-bond acceptors (Lipinski definition) is 5. The van der Waals surface area contributed by atoms with Gasteiger partial charge in [0.1, 0.15) is 5.75 Å². The Morgan fingerprint density at radius 1 is 1.03 bits per heavy atom. The molecule has 1 aliphatic rings. The summed E-state index contributed by atoms with van der Waals surface area (Å²) in [7, 11) is 0. The number of para-hydroxylation sites is 2. The number of piperidine rings is 1. The van der Waals surface area contributed by atoms with Crippen LogP contribution in [0.15, 0.2) is 67.0 Å². The molecule has 0 saturated carbocycles. The third-order valence-electron chi connectivity index (χ3n) is 5.02. The molecule has 154 valence electrons. The summed E-state index contributed by atoms with van der Waals surface area (Å²) in [5, 5.41) is 5.99.